The molecule has 21 heavy (non-hydrogen) atoms. The van der Waals surface area contributed by atoms with Crippen LogP contribution in [0.3, 0.4) is 0 Å². The predicted molar refractivity (Wildman–Crippen MR) is 74.6 cm³/mol. The number of carbonyl (C=O) groups excluding carboxylic acids is 1. The Bertz CT molecular complexity index is 475. The van der Waals surface area contributed by atoms with E-state index in [2.05, 4.69) is 5.10 Å². The number of ether oxygens (including phenoxy) is 1. The highest BCUT2D eigenvalue weighted by molar-refractivity contribution is 5.78. The lowest BCUT2D eigenvalue weighted by atomic mass is 10.0. The minimum atomic E-state index is -0.904. The first-order chi connectivity index (χ1) is 10.1. The van der Waals surface area contributed by atoms with Gasteiger partial charge in [0.1, 0.15) is 5.92 Å². The smallest absolute Gasteiger partial charge is 0.311 e. The maximum Gasteiger partial charge on any atom is 0.311 e. The molecule has 7 heteroatoms. The summed E-state index contributed by atoms with van der Waals surface area (Å²) in [6.07, 6.45) is 4.57. The normalized spacial score (nSPS) is 21.4. The van der Waals surface area contributed by atoms with E-state index in [1.807, 2.05) is 6.92 Å². The van der Waals surface area contributed by atoms with Gasteiger partial charge in [-0.3, -0.25) is 14.3 Å². The molecule has 1 saturated heterocycles. The predicted octanol–water partition coefficient (Wildman–Crippen LogP) is 0.611. The van der Waals surface area contributed by atoms with Crippen molar-refractivity contribution in [3.05, 3.63) is 18.5 Å². The summed E-state index contributed by atoms with van der Waals surface area (Å²) in [7, 11) is 0. The third-order valence-corrected chi connectivity index (χ3v) is 3.67. The van der Waals surface area contributed by atoms with E-state index in [1.165, 1.54) is 0 Å². The molecule has 1 fully saturated rings. The van der Waals surface area contributed by atoms with Gasteiger partial charge in [0.25, 0.3) is 0 Å². The zero-order chi connectivity index (χ0) is 15.2. The molecule has 0 aromatic carbocycles. The topological polar surface area (TPSA) is 84.7 Å². The number of hydrogen-bond donors (Lipinski definition) is 1. The third-order valence-electron chi connectivity index (χ3n) is 3.67. The van der Waals surface area contributed by atoms with Gasteiger partial charge in [0.05, 0.1) is 19.3 Å². The van der Waals surface area contributed by atoms with Crippen molar-refractivity contribution in [2.75, 3.05) is 19.8 Å². The lowest BCUT2D eigenvalue weighted by Gasteiger charge is -2.30. The van der Waals surface area contributed by atoms with Crippen LogP contribution in [0.25, 0.3) is 0 Å². The second-order valence-electron chi connectivity index (χ2n) is 5.16. The second-order valence-corrected chi connectivity index (χ2v) is 5.16. The lowest BCUT2D eigenvalue weighted by Crippen LogP contribution is -2.47. The van der Waals surface area contributed by atoms with Crippen LogP contribution >= 0.6 is 0 Å². The van der Waals surface area contributed by atoms with Crippen LogP contribution in [0.5, 0.6) is 0 Å². The van der Waals surface area contributed by atoms with Crippen LogP contribution in [0.2, 0.25) is 0 Å². The van der Waals surface area contributed by atoms with Gasteiger partial charge in [-0.25, -0.2) is 0 Å². The van der Waals surface area contributed by atoms with Crippen LogP contribution in [-0.2, 0) is 20.9 Å². The zero-order valence-corrected chi connectivity index (χ0v) is 12.1. The first-order valence-corrected chi connectivity index (χ1v) is 7.21. The van der Waals surface area contributed by atoms with Crippen LogP contribution in [0.4, 0.5) is 0 Å². The number of nitrogens with zero attached hydrogens (tertiary/aromatic N) is 3. The van der Waals surface area contributed by atoms with Crippen molar-refractivity contribution in [2.45, 2.75) is 32.4 Å². The molecular weight excluding hydrogens is 274 g/mol. The Kier molecular flexibility index (Phi) is 5.32. The maximum absolute atomic E-state index is 12.4. The molecule has 7 nitrogen and oxygen atoms in total. The fourth-order valence-electron chi connectivity index (χ4n) is 2.59. The largest absolute Gasteiger partial charge is 0.481 e. The Morgan fingerprint density at radius 3 is 2.90 bits per heavy atom. The quantitative estimate of drug-likeness (QED) is 0.796. The maximum atomic E-state index is 12.4. The molecule has 2 atom stereocenters. The van der Waals surface area contributed by atoms with Gasteiger partial charge in [0.2, 0.25) is 5.91 Å². The van der Waals surface area contributed by atoms with E-state index in [4.69, 9.17) is 4.74 Å². The SMILES string of the molecule is CCCN(C(=O)CCn1cccn1)C1COCC1C(=O)O. The first kappa shape index (κ1) is 15.5. The summed E-state index contributed by atoms with van der Waals surface area (Å²) in [6, 6.07) is 1.44. The van der Waals surface area contributed by atoms with Crippen molar-refractivity contribution < 1.29 is 19.4 Å². The van der Waals surface area contributed by atoms with E-state index >= 15 is 0 Å². The highest BCUT2D eigenvalue weighted by Crippen LogP contribution is 2.21. The Balaban J connectivity index is 1.99. The van der Waals surface area contributed by atoms with E-state index < -0.39 is 11.9 Å². The summed E-state index contributed by atoms with van der Waals surface area (Å²) in [4.78, 5) is 25.3. The zero-order valence-electron chi connectivity index (χ0n) is 12.1. The average molecular weight is 295 g/mol. The molecule has 1 aromatic rings. The third kappa shape index (κ3) is 3.81. The highest BCUT2D eigenvalue weighted by Gasteiger charge is 2.39. The fourth-order valence-corrected chi connectivity index (χ4v) is 2.59. The molecule has 0 bridgehead atoms. The summed E-state index contributed by atoms with van der Waals surface area (Å²) in [6.45, 7) is 3.49. The Morgan fingerprint density at radius 1 is 1.48 bits per heavy atom. The molecule has 2 rings (SSSR count). The lowest BCUT2D eigenvalue weighted by molar-refractivity contribution is -0.145. The van der Waals surface area contributed by atoms with Gasteiger partial charge >= 0.3 is 5.97 Å². The van der Waals surface area contributed by atoms with Gasteiger partial charge in [-0.1, -0.05) is 6.92 Å². The summed E-state index contributed by atoms with van der Waals surface area (Å²) in [5.41, 5.74) is 0. The average Bonchev–Trinajstić information content (AvgIpc) is 3.12. The van der Waals surface area contributed by atoms with Gasteiger partial charge in [-0.2, -0.15) is 5.10 Å². The molecule has 1 aliphatic rings. The molecule has 1 aromatic heterocycles. The molecule has 2 unspecified atom stereocenters. The van der Waals surface area contributed by atoms with Gasteiger partial charge in [-0.05, 0) is 12.5 Å². The molecule has 0 saturated carbocycles. The van der Waals surface area contributed by atoms with Crippen molar-refractivity contribution in [3.8, 4) is 0 Å². The summed E-state index contributed by atoms with van der Waals surface area (Å²) in [5, 5.41) is 13.3. The van der Waals surface area contributed by atoms with Crippen molar-refractivity contribution >= 4 is 11.9 Å². The molecule has 0 radical (unpaired) electrons. The van der Waals surface area contributed by atoms with Gasteiger partial charge in [0.15, 0.2) is 0 Å². The van der Waals surface area contributed by atoms with Crippen molar-refractivity contribution in [1.29, 1.82) is 0 Å². The Hall–Kier alpha value is -1.89. The molecule has 1 N–H and O–H groups in total. The van der Waals surface area contributed by atoms with Crippen molar-refractivity contribution in [1.82, 2.24) is 14.7 Å². The minimum Gasteiger partial charge on any atom is -0.481 e. The number of amides is 1. The number of carbonyl (C=O) groups is 2. The number of carboxylic acid groups (broad SMARTS) is 1. The Morgan fingerprint density at radius 2 is 2.29 bits per heavy atom. The molecule has 1 aliphatic heterocycles. The van der Waals surface area contributed by atoms with Crippen LogP contribution in [-0.4, -0.2) is 57.5 Å². The standard InChI is InChI=1S/C14H21N3O4/c1-2-6-17(12-10-21-9-11(12)14(19)20)13(18)4-8-16-7-3-5-15-16/h3,5,7,11-12H,2,4,6,8-10H2,1H3,(H,19,20). The molecular formula is C14H21N3O4. The number of carboxylic acids is 1. The summed E-state index contributed by atoms with van der Waals surface area (Å²) in [5.74, 6) is -1.59. The summed E-state index contributed by atoms with van der Waals surface area (Å²) < 4.78 is 6.96. The molecule has 1 amide bonds. The number of hydrogen-bond acceptors (Lipinski definition) is 4. The Labute approximate surface area is 123 Å². The van der Waals surface area contributed by atoms with Crippen LogP contribution in [0, 0.1) is 5.92 Å². The van der Waals surface area contributed by atoms with Gasteiger partial charge in [-0.15, -0.1) is 0 Å². The van der Waals surface area contributed by atoms with Crippen LogP contribution in [0.1, 0.15) is 19.8 Å². The number of aryl methyl sites for hydroxylation is 1. The van der Waals surface area contributed by atoms with Gasteiger partial charge in [0, 0.05) is 31.9 Å². The first-order valence-electron chi connectivity index (χ1n) is 7.21. The second kappa shape index (κ2) is 7.21. The molecule has 2 heterocycles. The van der Waals surface area contributed by atoms with E-state index in [1.54, 1.807) is 28.0 Å². The van der Waals surface area contributed by atoms with E-state index in [0.717, 1.165) is 6.42 Å². The number of rotatable bonds is 7. The van der Waals surface area contributed by atoms with E-state index in [9.17, 15) is 14.7 Å². The van der Waals surface area contributed by atoms with Crippen LogP contribution in [0.15, 0.2) is 18.5 Å². The van der Waals surface area contributed by atoms with E-state index in [-0.39, 0.29) is 18.6 Å². The summed E-state index contributed by atoms with van der Waals surface area (Å²) >= 11 is 0. The van der Waals surface area contributed by atoms with E-state index in [0.29, 0.717) is 26.1 Å². The van der Waals surface area contributed by atoms with Crippen molar-refractivity contribution in [2.24, 2.45) is 5.92 Å². The van der Waals surface area contributed by atoms with Crippen LogP contribution < -0.4 is 0 Å². The molecule has 116 valence electrons. The van der Waals surface area contributed by atoms with Gasteiger partial charge < -0.3 is 14.7 Å². The fraction of sp³-hybridized carbons (Fsp3) is 0.643. The monoisotopic (exact) mass is 295 g/mol. The minimum absolute atomic E-state index is 0.0471. The number of aliphatic carboxylic acids is 1. The molecule has 0 spiro atoms. The number of aromatic nitrogens is 2. The molecule has 0 aliphatic carbocycles. The van der Waals surface area contributed by atoms with Crippen molar-refractivity contribution in [3.63, 3.8) is 0 Å². The highest BCUT2D eigenvalue weighted by atomic mass is 16.5.